The summed E-state index contributed by atoms with van der Waals surface area (Å²) in [6.07, 6.45) is 0. The Balaban J connectivity index is 2.79. The molecule has 0 atom stereocenters. The number of nitrogens with zero attached hydrogens (tertiary/aromatic N) is 1. The maximum Gasteiger partial charge on any atom is 0.341 e. The molecule has 0 bridgehead atoms. The molecule has 1 aromatic rings. The van der Waals surface area contributed by atoms with Crippen molar-refractivity contribution in [3.8, 4) is 5.75 Å². The number of rotatable bonds is 5. The molecule has 0 spiro atoms. The van der Waals surface area contributed by atoms with Crippen LogP contribution < -0.4 is 10.5 Å². The molecular weight excluding hydrogens is 208 g/mol. The van der Waals surface area contributed by atoms with Crippen molar-refractivity contribution in [2.75, 3.05) is 33.0 Å². The van der Waals surface area contributed by atoms with Crippen molar-refractivity contribution < 1.29 is 14.6 Å². The average Bonchev–Trinajstić information content (AvgIpc) is 2.16. The molecule has 1 aromatic carbocycles. The van der Waals surface area contributed by atoms with Crippen molar-refractivity contribution in [1.29, 1.82) is 0 Å². The maximum absolute atomic E-state index is 11.0. The molecule has 1 rings (SSSR count). The van der Waals surface area contributed by atoms with Crippen LogP contribution in [-0.4, -0.2) is 43.2 Å². The zero-order valence-corrected chi connectivity index (χ0v) is 9.43. The van der Waals surface area contributed by atoms with E-state index >= 15 is 0 Å². The third-order valence-corrected chi connectivity index (χ3v) is 2.07. The summed E-state index contributed by atoms with van der Waals surface area (Å²) in [5, 5.41) is 8.98. The lowest BCUT2D eigenvalue weighted by Gasteiger charge is -2.13. The Hall–Kier alpha value is -1.75. The van der Waals surface area contributed by atoms with E-state index in [2.05, 4.69) is 0 Å². The molecule has 5 heteroatoms. The molecule has 0 aliphatic rings. The van der Waals surface area contributed by atoms with Crippen molar-refractivity contribution in [3.63, 3.8) is 0 Å². The number of hydrogen-bond acceptors (Lipinski definition) is 4. The number of ether oxygens (including phenoxy) is 1. The summed E-state index contributed by atoms with van der Waals surface area (Å²) >= 11 is 0. The van der Waals surface area contributed by atoms with Crippen LogP contribution in [0.25, 0.3) is 0 Å². The minimum atomic E-state index is -1.07. The summed E-state index contributed by atoms with van der Waals surface area (Å²) in [5.41, 5.74) is 5.83. The molecule has 3 N–H and O–H groups in total. The molecule has 16 heavy (non-hydrogen) atoms. The van der Waals surface area contributed by atoms with Crippen LogP contribution in [0.3, 0.4) is 0 Å². The van der Waals surface area contributed by atoms with Crippen molar-refractivity contribution in [1.82, 2.24) is 4.90 Å². The highest BCUT2D eigenvalue weighted by Crippen LogP contribution is 2.24. The Labute approximate surface area is 94.4 Å². The van der Waals surface area contributed by atoms with E-state index in [1.54, 1.807) is 18.2 Å². The molecule has 0 aliphatic heterocycles. The lowest BCUT2D eigenvalue weighted by Crippen LogP contribution is -2.20. The second kappa shape index (κ2) is 5.37. The summed E-state index contributed by atoms with van der Waals surface area (Å²) in [4.78, 5) is 12.9. The first-order valence-corrected chi connectivity index (χ1v) is 4.91. The van der Waals surface area contributed by atoms with E-state index in [4.69, 9.17) is 15.6 Å². The molecule has 88 valence electrons. The van der Waals surface area contributed by atoms with E-state index in [1.807, 2.05) is 19.0 Å². The van der Waals surface area contributed by atoms with E-state index in [9.17, 15) is 4.79 Å². The number of benzene rings is 1. The Kier molecular flexibility index (Phi) is 4.13. The number of nitrogens with two attached hydrogens (primary N) is 1. The standard InChI is InChI=1S/C11H16N2O3/c1-13(2)6-7-16-9-5-3-4-8(12)10(9)11(14)15/h3-5H,6-7,12H2,1-2H3,(H,14,15). The van der Waals surface area contributed by atoms with Gasteiger partial charge in [-0.05, 0) is 26.2 Å². The van der Waals surface area contributed by atoms with Gasteiger partial charge in [-0.1, -0.05) is 6.07 Å². The quantitative estimate of drug-likeness (QED) is 0.727. The van der Waals surface area contributed by atoms with Crippen LogP contribution in [0.5, 0.6) is 5.75 Å². The monoisotopic (exact) mass is 224 g/mol. The van der Waals surface area contributed by atoms with E-state index in [0.29, 0.717) is 18.9 Å². The number of nitrogen functional groups attached to an aromatic ring is 1. The first-order chi connectivity index (χ1) is 7.52. The molecule has 0 fully saturated rings. The van der Waals surface area contributed by atoms with E-state index in [1.165, 1.54) is 0 Å². The third kappa shape index (κ3) is 3.13. The lowest BCUT2D eigenvalue weighted by atomic mass is 10.1. The molecule has 0 amide bonds. The van der Waals surface area contributed by atoms with Crippen LogP contribution in [0, 0.1) is 0 Å². The zero-order chi connectivity index (χ0) is 12.1. The molecule has 0 heterocycles. The molecule has 0 aliphatic carbocycles. The highest BCUT2D eigenvalue weighted by atomic mass is 16.5. The van der Waals surface area contributed by atoms with Crippen LogP contribution in [-0.2, 0) is 0 Å². The Morgan fingerprint density at radius 2 is 2.19 bits per heavy atom. The minimum Gasteiger partial charge on any atom is -0.491 e. The number of carboxylic acid groups (broad SMARTS) is 1. The molecular formula is C11H16N2O3. The number of aromatic carboxylic acids is 1. The SMILES string of the molecule is CN(C)CCOc1cccc(N)c1C(=O)O. The molecule has 0 saturated carbocycles. The van der Waals surface area contributed by atoms with Gasteiger partial charge in [-0.2, -0.15) is 0 Å². The van der Waals surface area contributed by atoms with Crippen LogP contribution in [0.1, 0.15) is 10.4 Å². The first-order valence-electron chi connectivity index (χ1n) is 4.91. The second-order valence-corrected chi connectivity index (χ2v) is 3.68. The minimum absolute atomic E-state index is 0.0289. The fraction of sp³-hybridized carbons (Fsp3) is 0.364. The van der Waals surface area contributed by atoms with Crippen LogP contribution in [0.4, 0.5) is 5.69 Å². The average molecular weight is 224 g/mol. The van der Waals surface area contributed by atoms with Gasteiger partial charge in [0, 0.05) is 12.2 Å². The topological polar surface area (TPSA) is 75.8 Å². The normalized spacial score (nSPS) is 10.4. The van der Waals surface area contributed by atoms with Gasteiger partial charge in [0.25, 0.3) is 0 Å². The predicted octanol–water partition coefficient (Wildman–Crippen LogP) is 0.907. The largest absolute Gasteiger partial charge is 0.491 e. The van der Waals surface area contributed by atoms with Gasteiger partial charge in [-0.3, -0.25) is 0 Å². The van der Waals surface area contributed by atoms with Crippen LogP contribution in [0.2, 0.25) is 0 Å². The van der Waals surface area contributed by atoms with Crippen LogP contribution in [0.15, 0.2) is 18.2 Å². The van der Waals surface area contributed by atoms with Crippen LogP contribution >= 0.6 is 0 Å². The van der Waals surface area contributed by atoms with E-state index in [-0.39, 0.29) is 11.3 Å². The Morgan fingerprint density at radius 3 is 2.75 bits per heavy atom. The Bertz CT molecular complexity index is 377. The number of anilines is 1. The predicted molar refractivity (Wildman–Crippen MR) is 61.9 cm³/mol. The van der Waals surface area contributed by atoms with Gasteiger partial charge in [0.15, 0.2) is 0 Å². The summed E-state index contributed by atoms with van der Waals surface area (Å²) < 4.78 is 5.39. The van der Waals surface area contributed by atoms with Gasteiger partial charge in [0.2, 0.25) is 0 Å². The number of hydrogen-bond donors (Lipinski definition) is 2. The Morgan fingerprint density at radius 1 is 1.50 bits per heavy atom. The van der Waals surface area contributed by atoms with Gasteiger partial charge >= 0.3 is 5.97 Å². The highest BCUT2D eigenvalue weighted by molar-refractivity contribution is 5.96. The van der Waals surface area contributed by atoms with E-state index in [0.717, 1.165) is 0 Å². The molecule has 0 unspecified atom stereocenters. The summed E-state index contributed by atoms with van der Waals surface area (Å²) in [6, 6.07) is 4.82. The van der Waals surface area contributed by atoms with Gasteiger partial charge in [0.05, 0.1) is 0 Å². The van der Waals surface area contributed by atoms with Crippen molar-refractivity contribution in [2.45, 2.75) is 0 Å². The van der Waals surface area contributed by atoms with Crippen molar-refractivity contribution >= 4 is 11.7 Å². The lowest BCUT2D eigenvalue weighted by molar-refractivity contribution is 0.0693. The van der Waals surface area contributed by atoms with Gasteiger partial charge < -0.3 is 20.5 Å². The molecule has 0 radical (unpaired) electrons. The smallest absolute Gasteiger partial charge is 0.341 e. The maximum atomic E-state index is 11.0. The number of carboxylic acids is 1. The van der Waals surface area contributed by atoms with Gasteiger partial charge in [0.1, 0.15) is 17.9 Å². The fourth-order valence-electron chi connectivity index (χ4n) is 1.24. The zero-order valence-electron chi connectivity index (χ0n) is 9.43. The highest BCUT2D eigenvalue weighted by Gasteiger charge is 2.14. The summed E-state index contributed by atoms with van der Waals surface area (Å²) in [5.74, 6) is -0.757. The first kappa shape index (κ1) is 12.3. The number of likely N-dealkylation sites (N-methyl/N-ethyl adjacent to an activating group) is 1. The molecule has 0 aromatic heterocycles. The summed E-state index contributed by atoms with van der Waals surface area (Å²) in [7, 11) is 3.83. The van der Waals surface area contributed by atoms with E-state index < -0.39 is 5.97 Å². The van der Waals surface area contributed by atoms with Crippen molar-refractivity contribution in [3.05, 3.63) is 23.8 Å². The summed E-state index contributed by atoms with van der Waals surface area (Å²) in [6.45, 7) is 1.14. The van der Waals surface area contributed by atoms with Gasteiger partial charge in [-0.25, -0.2) is 4.79 Å². The van der Waals surface area contributed by atoms with Crippen molar-refractivity contribution in [2.24, 2.45) is 0 Å². The molecule has 0 saturated heterocycles. The second-order valence-electron chi connectivity index (χ2n) is 3.68. The molecule has 5 nitrogen and oxygen atoms in total. The fourth-order valence-corrected chi connectivity index (χ4v) is 1.24. The third-order valence-electron chi connectivity index (χ3n) is 2.07. The number of carbonyl (C=O) groups is 1. The van der Waals surface area contributed by atoms with Gasteiger partial charge in [-0.15, -0.1) is 0 Å².